The molecular formula is C18H17N5S. The lowest BCUT2D eigenvalue weighted by Crippen LogP contribution is -2.08. The zero-order valence-electron chi connectivity index (χ0n) is 13.5. The second-order valence-electron chi connectivity index (χ2n) is 5.74. The second kappa shape index (κ2) is 6.05. The zero-order valence-corrected chi connectivity index (χ0v) is 14.3. The third-order valence-electron chi connectivity index (χ3n) is 4.02. The standard InChI is InChI=1S/C18H17N5S/c1-12-9-23(11-21-12)15-5-3-14(4-6-15)13(2)22-17-16-7-8-24-18(16)20-10-19-17/h3-11,13H,1-2H3,(H,19,20,22). The number of aromatic nitrogens is 4. The van der Waals surface area contributed by atoms with Gasteiger partial charge in [0.25, 0.3) is 0 Å². The van der Waals surface area contributed by atoms with Crippen molar-refractivity contribution in [1.29, 1.82) is 0 Å². The van der Waals surface area contributed by atoms with E-state index in [1.807, 2.05) is 29.4 Å². The molecular weight excluding hydrogens is 318 g/mol. The molecule has 3 heterocycles. The van der Waals surface area contributed by atoms with Crippen LogP contribution in [-0.2, 0) is 0 Å². The van der Waals surface area contributed by atoms with Crippen LogP contribution in [0.1, 0.15) is 24.2 Å². The summed E-state index contributed by atoms with van der Waals surface area (Å²) in [6.45, 7) is 4.13. The van der Waals surface area contributed by atoms with Gasteiger partial charge < -0.3 is 9.88 Å². The molecule has 0 spiro atoms. The molecule has 0 fully saturated rings. The molecule has 1 N–H and O–H groups in total. The molecule has 5 nitrogen and oxygen atoms in total. The van der Waals surface area contributed by atoms with Crippen molar-refractivity contribution in [1.82, 2.24) is 19.5 Å². The van der Waals surface area contributed by atoms with Crippen molar-refractivity contribution in [3.8, 4) is 5.69 Å². The fourth-order valence-corrected chi connectivity index (χ4v) is 3.42. The van der Waals surface area contributed by atoms with Crippen LogP contribution in [0.25, 0.3) is 15.9 Å². The number of hydrogen-bond donors (Lipinski definition) is 1. The van der Waals surface area contributed by atoms with Crippen molar-refractivity contribution < 1.29 is 0 Å². The molecule has 120 valence electrons. The Labute approximate surface area is 144 Å². The van der Waals surface area contributed by atoms with Crippen molar-refractivity contribution in [2.45, 2.75) is 19.9 Å². The van der Waals surface area contributed by atoms with Crippen LogP contribution in [-0.4, -0.2) is 19.5 Å². The van der Waals surface area contributed by atoms with Gasteiger partial charge in [0.2, 0.25) is 0 Å². The highest BCUT2D eigenvalue weighted by atomic mass is 32.1. The van der Waals surface area contributed by atoms with Gasteiger partial charge in [-0.05, 0) is 43.0 Å². The quantitative estimate of drug-likeness (QED) is 0.602. The zero-order chi connectivity index (χ0) is 16.5. The summed E-state index contributed by atoms with van der Waals surface area (Å²) in [6.07, 6.45) is 5.46. The monoisotopic (exact) mass is 335 g/mol. The van der Waals surface area contributed by atoms with Gasteiger partial charge in [0.15, 0.2) is 0 Å². The van der Waals surface area contributed by atoms with Gasteiger partial charge in [-0.2, -0.15) is 0 Å². The maximum Gasteiger partial charge on any atom is 0.138 e. The molecule has 0 aliphatic rings. The van der Waals surface area contributed by atoms with Gasteiger partial charge in [0.1, 0.15) is 17.0 Å². The number of nitrogens with one attached hydrogen (secondary N) is 1. The molecule has 1 unspecified atom stereocenters. The van der Waals surface area contributed by atoms with Crippen LogP contribution in [0.5, 0.6) is 0 Å². The molecule has 1 atom stereocenters. The number of nitrogens with zero attached hydrogens (tertiary/aromatic N) is 4. The van der Waals surface area contributed by atoms with E-state index in [4.69, 9.17) is 0 Å². The Hall–Kier alpha value is -2.73. The molecule has 0 amide bonds. The molecule has 0 bridgehead atoms. The van der Waals surface area contributed by atoms with Crippen LogP contribution >= 0.6 is 11.3 Å². The Balaban J connectivity index is 1.56. The SMILES string of the molecule is Cc1cn(-c2ccc(C(C)Nc3ncnc4sccc34)cc2)cn1. The average molecular weight is 335 g/mol. The third-order valence-corrected chi connectivity index (χ3v) is 4.84. The summed E-state index contributed by atoms with van der Waals surface area (Å²) in [4.78, 5) is 13.9. The smallest absolute Gasteiger partial charge is 0.138 e. The molecule has 0 saturated carbocycles. The van der Waals surface area contributed by atoms with Crippen LogP contribution in [0.2, 0.25) is 0 Å². The van der Waals surface area contributed by atoms with Crippen molar-refractivity contribution in [2.75, 3.05) is 5.32 Å². The van der Waals surface area contributed by atoms with Crippen LogP contribution < -0.4 is 5.32 Å². The highest BCUT2D eigenvalue weighted by Crippen LogP contribution is 2.27. The Morgan fingerprint density at radius 1 is 1.08 bits per heavy atom. The van der Waals surface area contributed by atoms with Crippen molar-refractivity contribution in [3.63, 3.8) is 0 Å². The number of aryl methyl sites for hydroxylation is 1. The van der Waals surface area contributed by atoms with Crippen molar-refractivity contribution in [3.05, 3.63) is 65.8 Å². The Morgan fingerprint density at radius 3 is 2.67 bits per heavy atom. The number of fused-ring (bicyclic) bond motifs is 1. The minimum atomic E-state index is 0.154. The number of hydrogen-bond acceptors (Lipinski definition) is 5. The van der Waals surface area contributed by atoms with Gasteiger partial charge in [-0.25, -0.2) is 15.0 Å². The maximum atomic E-state index is 4.38. The first-order valence-corrected chi connectivity index (χ1v) is 8.64. The maximum absolute atomic E-state index is 4.38. The van der Waals surface area contributed by atoms with E-state index in [1.54, 1.807) is 17.7 Å². The lowest BCUT2D eigenvalue weighted by molar-refractivity contribution is 0.874. The fourth-order valence-electron chi connectivity index (χ4n) is 2.69. The van der Waals surface area contributed by atoms with E-state index in [-0.39, 0.29) is 6.04 Å². The Kier molecular flexibility index (Phi) is 3.74. The van der Waals surface area contributed by atoms with Gasteiger partial charge in [-0.1, -0.05) is 12.1 Å². The first-order chi connectivity index (χ1) is 11.7. The second-order valence-corrected chi connectivity index (χ2v) is 6.64. The topological polar surface area (TPSA) is 55.6 Å². The summed E-state index contributed by atoms with van der Waals surface area (Å²) in [6, 6.07) is 10.7. The van der Waals surface area contributed by atoms with Crippen LogP contribution in [0.15, 0.2) is 54.6 Å². The first-order valence-electron chi connectivity index (χ1n) is 7.76. The number of thiophene rings is 1. The molecule has 0 saturated heterocycles. The minimum absolute atomic E-state index is 0.154. The molecule has 24 heavy (non-hydrogen) atoms. The molecule has 4 rings (SSSR count). The lowest BCUT2D eigenvalue weighted by atomic mass is 10.1. The predicted molar refractivity (Wildman–Crippen MR) is 97.8 cm³/mol. The van der Waals surface area contributed by atoms with Crippen molar-refractivity contribution in [2.24, 2.45) is 0 Å². The predicted octanol–water partition coefficient (Wildman–Crippen LogP) is 4.36. The van der Waals surface area contributed by atoms with E-state index in [9.17, 15) is 0 Å². The summed E-state index contributed by atoms with van der Waals surface area (Å²) in [7, 11) is 0. The van der Waals surface area contributed by atoms with Crippen LogP contribution in [0, 0.1) is 6.92 Å². The summed E-state index contributed by atoms with van der Waals surface area (Å²) in [5, 5.41) is 6.60. The van der Waals surface area contributed by atoms with E-state index >= 15 is 0 Å². The fraction of sp³-hybridized carbons (Fsp3) is 0.167. The van der Waals surface area contributed by atoms with Gasteiger partial charge >= 0.3 is 0 Å². The molecule has 6 heteroatoms. The van der Waals surface area contributed by atoms with Gasteiger partial charge in [0.05, 0.1) is 17.4 Å². The molecule has 4 aromatic rings. The molecule has 0 aliphatic carbocycles. The summed E-state index contributed by atoms with van der Waals surface area (Å²) in [5.41, 5.74) is 3.32. The number of benzene rings is 1. The largest absolute Gasteiger partial charge is 0.363 e. The van der Waals surface area contributed by atoms with E-state index in [2.05, 4.69) is 57.5 Å². The summed E-state index contributed by atoms with van der Waals surface area (Å²) < 4.78 is 2.02. The molecule has 0 aliphatic heterocycles. The molecule has 0 radical (unpaired) electrons. The van der Waals surface area contributed by atoms with Gasteiger partial charge in [-0.3, -0.25) is 0 Å². The first kappa shape index (κ1) is 14.8. The third kappa shape index (κ3) is 2.76. The lowest BCUT2D eigenvalue weighted by Gasteiger charge is -2.16. The van der Waals surface area contributed by atoms with Gasteiger partial charge in [0, 0.05) is 17.9 Å². The van der Waals surface area contributed by atoms with Crippen LogP contribution in [0.4, 0.5) is 5.82 Å². The average Bonchev–Trinajstić information content (AvgIpc) is 3.24. The summed E-state index contributed by atoms with van der Waals surface area (Å²) >= 11 is 1.63. The molecule has 1 aromatic carbocycles. The number of anilines is 1. The Bertz CT molecular complexity index is 970. The highest BCUT2D eigenvalue weighted by molar-refractivity contribution is 7.16. The van der Waals surface area contributed by atoms with Crippen molar-refractivity contribution >= 4 is 27.4 Å². The van der Waals surface area contributed by atoms with E-state index in [0.29, 0.717) is 0 Å². The van der Waals surface area contributed by atoms with Gasteiger partial charge in [-0.15, -0.1) is 11.3 Å². The summed E-state index contributed by atoms with van der Waals surface area (Å²) in [5.74, 6) is 0.878. The number of rotatable bonds is 4. The van der Waals surface area contributed by atoms with E-state index < -0.39 is 0 Å². The van der Waals surface area contributed by atoms with E-state index in [0.717, 1.165) is 27.4 Å². The highest BCUT2D eigenvalue weighted by Gasteiger charge is 2.10. The van der Waals surface area contributed by atoms with E-state index in [1.165, 1.54) is 5.56 Å². The number of imidazole rings is 1. The Morgan fingerprint density at radius 2 is 1.92 bits per heavy atom. The minimum Gasteiger partial charge on any atom is -0.363 e. The normalized spacial score (nSPS) is 12.4. The van der Waals surface area contributed by atoms with Crippen LogP contribution in [0.3, 0.4) is 0 Å². The molecule has 3 aromatic heterocycles.